The summed E-state index contributed by atoms with van der Waals surface area (Å²) in [5, 5.41) is 2.82. The highest BCUT2D eigenvalue weighted by atomic mass is 16.2. The van der Waals surface area contributed by atoms with Crippen LogP contribution in [0.1, 0.15) is 19.8 Å². The van der Waals surface area contributed by atoms with E-state index in [1.807, 2.05) is 6.92 Å². The van der Waals surface area contributed by atoms with Gasteiger partial charge in [-0.3, -0.25) is 9.69 Å². The van der Waals surface area contributed by atoms with Gasteiger partial charge in [-0.2, -0.15) is 0 Å². The number of hydrogen-bond acceptors (Lipinski definition) is 3. The summed E-state index contributed by atoms with van der Waals surface area (Å²) < 4.78 is 0. The summed E-state index contributed by atoms with van der Waals surface area (Å²) in [6.07, 6.45) is 2.23. The second-order valence-corrected chi connectivity index (χ2v) is 3.21. The molecule has 13 heavy (non-hydrogen) atoms. The van der Waals surface area contributed by atoms with Crippen LogP contribution < -0.4 is 5.32 Å². The first-order valence-electron chi connectivity index (χ1n) is 4.75. The average molecular weight is 184 g/mol. The van der Waals surface area contributed by atoms with Crippen LogP contribution in [0, 0.1) is 0 Å². The van der Waals surface area contributed by atoms with Crippen LogP contribution in [-0.4, -0.2) is 42.8 Å². The summed E-state index contributed by atoms with van der Waals surface area (Å²) in [6.45, 7) is 4.26. The summed E-state index contributed by atoms with van der Waals surface area (Å²) in [5.41, 5.74) is 0. The molecule has 0 radical (unpaired) electrons. The monoisotopic (exact) mass is 184 g/mol. The summed E-state index contributed by atoms with van der Waals surface area (Å²) in [5.74, 6) is 0.0969. The maximum absolute atomic E-state index is 11.4. The Morgan fingerprint density at radius 2 is 2.46 bits per heavy atom. The van der Waals surface area contributed by atoms with Gasteiger partial charge in [-0.1, -0.05) is 6.92 Å². The first-order chi connectivity index (χ1) is 6.29. The standard InChI is InChI=1S/C9H16N2O2/c1-2-8-9(13)10-4-6-11(8)5-3-7-12/h7-8H,2-6H2,1H3,(H,10,13). The second-order valence-electron chi connectivity index (χ2n) is 3.21. The number of rotatable bonds is 4. The second kappa shape index (κ2) is 4.97. The summed E-state index contributed by atoms with van der Waals surface area (Å²) in [7, 11) is 0. The van der Waals surface area contributed by atoms with Gasteiger partial charge in [0, 0.05) is 26.1 Å². The molecule has 1 rings (SSSR count). The molecule has 0 bridgehead atoms. The van der Waals surface area contributed by atoms with E-state index in [9.17, 15) is 9.59 Å². The van der Waals surface area contributed by atoms with Crippen molar-refractivity contribution in [3.05, 3.63) is 0 Å². The maximum atomic E-state index is 11.4. The minimum atomic E-state index is -0.0336. The van der Waals surface area contributed by atoms with Gasteiger partial charge >= 0.3 is 0 Å². The van der Waals surface area contributed by atoms with Crippen molar-refractivity contribution in [2.45, 2.75) is 25.8 Å². The molecule has 1 aliphatic heterocycles. The lowest BCUT2D eigenvalue weighted by molar-refractivity contribution is -0.129. The van der Waals surface area contributed by atoms with Crippen LogP contribution in [0.4, 0.5) is 0 Å². The summed E-state index contributed by atoms with van der Waals surface area (Å²) in [4.78, 5) is 23.6. The third-order valence-corrected chi connectivity index (χ3v) is 2.36. The molecular formula is C9H16N2O2. The number of piperazine rings is 1. The molecule has 0 aromatic rings. The maximum Gasteiger partial charge on any atom is 0.237 e. The fourth-order valence-corrected chi connectivity index (χ4v) is 1.69. The molecule has 1 aliphatic rings. The van der Waals surface area contributed by atoms with Crippen LogP contribution >= 0.6 is 0 Å². The highest BCUT2D eigenvalue weighted by Gasteiger charge is 2.26. The molecule has 1 amide bonds. The minimum Gasteiger partial charge on any atom is -0.353 e. The Hall–Kier alpha value is -0.900. The zero-order valence-corrected chi connectivity index (χ0v) is 7.95. The number of aldehydes is 1. The van der Waals surface area contributed by atoms with Gasteiger partial charge in [-0.05, 0) is 6.42 Å². The van der Waals surface area contributed by atoms with Crippen molar-refractivity contribution in [1.82, 2.24) is 10.2 Å². The van der Waals surface area contributed by atoms with Crippen molar-refractivity contribution < 1.29 is 9.59 Å². The molecule has 74 valence electrons. The van der Waals surface area contributed by atoms with E-state index < -0.39 is 0 Å². The van der Waals surface area contributed by atoms with Crippen LogP contribution in [0.25, 0.3) is 0 Å². The molecule has 0 saturated carbocycles. The van der Waals surface area contributed by atoms with E-state index in [1.165, 1.54) is 0 Å². The van der Waals surface area contributed by atoms with E-state index in [4.69, 9.17) is 0 Å². The Morgan fingerprint density at radius 1 is 1.69 bits per heavy atom. The molecule has 1 unspecified atom stereocenters. The van der Waals surface area contributed by atoms with Crippen molar-refractivity contribution in [3.63, 3.8) is 0 Å². The van der Waals surface area contributed by atoms with Crippen molar-refractivity contribution in [1.29, 1.82) is 0 Å². The van der Waals surface area contributed by atoms with Gasteiger partial charge in [0.05, 0.1) is 6.04 Å². The van der Waals surface area contributed by atoms with Gasteiger partial charge in [0.25, 0.3) is 0 Å². The Kier molecular flexibility index (Phi) is 3.89. The Morgan fingerprint density at radius 3 is 3.08 bits per heavy atom. The number of nitrogens with one attached hydrogen (secondary N) is 1. The fraction of sp³-hybridized carbons (Fsp3) is 0.778. The van der Waals surface area contributed by atoms with E-state index in [-0.39, 0.29) is 11.9 Å². The first-order valence-corrected chi connectivity index (χ1v) is 4.75. The van der Waals surface area contributed by atoms with Crippen LogP contribution in [0.15, 0.2) is 0 Å². The van der Waals surface area contributed by atoms with E-state index >= 15 is 0 Å². The molecule has 0 spiro atoms. The number of carbonyl (C=O) groups is 2. The topological polar surface area (TPSA) is 49.4 Å². The fourth-order valence-electron chi connectivity index (χ4n) is 1.69. The third kappa shape index (κ3) is 2.52. The molecular weight excluding hydrogens is 168 g/mol. The molecule has 4 nitrogen and oxygen atoms in total. The lowest BCUT2D eigenvalue weighted by Crippen LogP contribution is -2.55. The molecule has 1 fully saturated rings. The molecule has 0 aliphatic carbocycles. The number of hydrogen-bond donors (Lipinski definition) is 1. The zero-order valence-electron chi connectivity index (χ0n) is 7.95. The largest absolute Gasteiger partial charge is 0.353 e. The molecule has 0 aromatic carbocycles. The van der Waals surface area contributed by atoms with E-state index in [1.54, 1.807) is 0 Å². The number of amides is 1. The number of nitrogens with zero attached hydrogens (tertiary/aromatic N) is 1. The normalized spacial score (nSPS) is 24.1. The smallest absolute Gasteiger partial charge is 0.237 e. The molecule has 0 aromatic heterocycles. The van der Waals surface area contributed by atoms with Crippen LogP contribution in [-0.2, 0) is 9.59 Å². The van der Waals surface area contributed by atoms with Crippen LogP contribution in [0.2, 0.25) is 0 Å². The van der Waals surface area contributed by atoms with Crippen molar-refractivity contribution in [2.75, 3.05) is 19.6 Å². The summed E-state index contributed by atoms with van der Waals surface area (Å²) in [6, 6.07) is -0.0336. The number of carbonyl (C=O) groups excluding carboxylic acids is 2. The molecule has 1 atom stereocenters. The lowest BCUT2D eigenvalue weighted by atomic mass is 10.1. The minimum absolute atomic E-state index is 0.0336. The van der Waals surface area contributed by atoms with Gasteiger partial charge in [0.1, 0.15) is 6.29 Å². The Labute approximate surface area is 78.3 Å². The Bertz CT molecular complexity index is 194. The van der Waals surface area contributed by atoms with Gasteiger partial charge in [-0.25, -0.2) is 0 Å². The van der Waals surface area contributed by atoms with Gasteiger partial charge in [0.2, 0.25) is 5.91 Å². The first kappa shape index (κ1) is 10.2. The zero-order chi connectivity index (χ0) is 9.68. The molecule has 1 heterocycles. The van der Waals surface area contributed by atoms with Crippen molar-refractivity contribution in [2.24, 2.45) is 0 Å². The van der Waals surface area contributed by atoms with Crippen molar-refractivity contribution >= 4 is 12.2 Å². The average Bonchev–Trinajstić information content (AvgIpc) is 2.15. The molecule has 4 heteroatoms. The predicted octanol–water partition coefficient (Wildman–Crippen LogP) is -0.214. The SMILES string of the molecule is CCC1C(=O)NCCN1CCC=O. The lowest BCUT2D eigenvalue weighted by Gasteiger charge is -2.33. The third-order valence-electron chi connectivity index (χ3n) is 2.36. The van der Waals surface area contributed by atoms with E-state index in [0.29, 0.717) is 19.5 Å². The highest BCUT2D eigenvalue weighted by molar-refractivity contribution is 5.82. The Balaban J connectivity index is 2.48. The van der Waals surface area contributed by atoms with Gasteiger partial charge in [-0.15, -0.1) is 0 Å². The van der Waals surface area contributed by atoms with Crippen molar-refractivity contribution in [3.8, 4) is 0 Å². The molecule has 1 saturated heterocycles. The van der Waals surface area contributed by atoms with Crippen LogP contribution in [0.5, 0.6) is 0 Å². The van der Waals surface area contributed by atoms with E-state index in [2.05, 4.69) is 10.2 Å². The van der Waals surface area contributed by atoms with Gasteiger partial charge in [0.15, 0.2) is 0 Å². The highest BCUT2D eigenvalue weighted by Crippen LogP contribution is 2.07. The predicted molar refractivity (Wildman–Crippen MR) is 49.3 cm³/mol. The van der Waals surface area contributed by atoms with Crippen LogP contribution in [0.3, 0.4) is 0 Å². The van der Waals surface area contributed by atoms with E-state index in [0.717, 1.165) is 19.3 Å². The summed E-state index contributed by atoms with van der Waals surface area (Å²) >= 11 is 0. The molecule has 1 N–H and O–H groups in total. The van der Waals surface area contributed by atoms with Gasteiger partial charge < -0.3 is 10.1 Å². The quantitative estimate of drug-likeness (QED) is 0.615.